The van der Waals surface area contributed by atoms with Gasteiger partial charge in [-0.15, -0.1) is 23.5 Å². The molecule has 6 heterocycles. The van der Waals surface area contributed by atoms with Crippen LogP contribution in [-0.2, 0) is 40.6 Å². The van der Waals surface area contributed by atoms with Gasteiger partial charge in [0.15, 0.2) is 11.0 Å². The van der Waals surface area contributed by atoms with Gasteiger partial charge in [0.25, 0.3) is 11.1 Å². The molecule has 394 valence electrons. The number of hydrogen-bond donors (Lipinski definition) is 2. The van der Waals surface area contributed by atoms with Crippen LogP contribution in [-0.4, -0.2) is 160 Å². The summed E-state index contributed by atoms with van der Waals surface area (Å²) in [6.07, 6.45) is 1.97. The fourth-order valence-corrected chi connectivity index (χ4v) is 14.1. The lowest BCUT2D eigenvalue weighted by Crippen LogP contribution is -2.47. The van der Waals surface area contributed by atoms with Crippen molar-refractivity contribution in [1.29, 1.82) is 0 Å². The molecule has 0 saturated carbocycles. The molecule has 0 aliphatic carbocycles. The second-order valence-corrected chi connectivity index (χ2v) is 24.7. The third-order valence-corrected chi connectivity index (χ3v) is 19.6. The number of piperazine rings is 2. The molecule has 0 bridgehead atoms. The third kappa shape index (κ3) is 10.9. The minimum Gasteiger partial charge on any atom is -0.493 e. The number of aromatic nitrogens is 8. The summed E-state index contributed by atoms with van der Waals surface area (Å²) in [5, 5.41) is 9.35. The SMILES string of the molecule is CCOc1ccc(S(=O)(=O)N2CCN(C)CC2)cc1-c1nc2c(CCCSc3ccc(SC(CC)c4nn(C)c5c(=O)[nH]c(-c6cc(S(=O)(=O)N7CCN(C)CC7)ccc6OCC)nc45)cc3)nn(C)c2c(=O)[nH]1. The zero-order valence-electron chi connectivity index (χ0n) is 42.6. The van der Waals surface area contributed by atoms with Crippen molar-refractivity contribution in [2.24, 2.45) is 14.1 Å². The lowest BCUT2D eigenvalue weighted by atomic mass is 10.1. The monoisotopic (exact) mass is 1090 g/mol. The number of nitrogens with one attached hydrogen (secondary N) is 2. The molecule has 2 aliphatic rings. The van der Waals surface area contributed by atoms with Crippen LogP contribution in [0.4, 0.5) is 0 Å². The van der Waals surface area contributed by atoms with Crippen LogP contribution in [0.1, 0.15) is 50.3 Å². The van der Waals surface area contributed by atoms with E-state index in [0.29, 0.717) is 134 Å². The molecule has 24 heteroatoms. The third-order valence-electron chi connectivity index (χ3n) is 13.3. The number of benzene rings is 3. The van der Waals surface area contributed by atoms with Crippen LogP contribution in [0.15, 0.2) is 89.8 Å². The van der Waals surface area contributed by atoms with Crippen LogP contribution in [0.25, 0.3) is 44.8 Å². The van der Waals surface area contributed by atoms with E-state index in [1.807, 2.05) is 27.9 Å². The summed E-state index contributed by atoms with van der Waals surface area (Å²) in [7, 11) is -0.281. The Labute approximate surface area is 438 Å². The van der Waals surface area contributed by atoms with Gasteiger partial charge < -0.3 is 29.2 Å². The second kappa shape index (κ2) is 22.3. The van der Waals surface area contributed by atoms with E-state index in [9.17, 15) is 26.4 Å². The van der Waals surface area contributed by atoms with Crippen LogP contribution in [0.2, 0.25) is 0 Å². The number of rotatable bonds is 19. The molecule has 74 heavy (non-hydrogen) atoms. The molecule has 2 N–H and O–H groups in total. The molecule has 20 nitrogen and oxygen atoms in total. The maximum atomic E-state index is 13.8. The summed E-state index contributed by atoms with van der Waals surface area (Å²) in [5.41, 5.74) is 2.77. The van der Waals surface area contributed by atoms with Gasteiger partial charge in [-0.3, -0.25) is 19.0 Å². The van der Waals surface area contributed by atoms with E-state index in [1.165, 1.54) is 31.5 Å². The number of ether oxygens (including phenoxy) is 2. The Morgan fingerprint density at radius 2 is 1.09 bits per heavy atom. The standard InChI is InChI=1S/C50H62N12O8S4/c1-8-41(43-44-46(60(7)56-43)50(64)54-48(52-44)37-31-35(18-20-40(37)70-10-3)74(67,68)62-27-23-58(5)24-28-62)72-33-15-13-32(14-16-33)71-29-11-12-38-42-45(59(6)55-38)49(63)53-47(51-42)36-30-34(17-19-39(36)69-9-2)73(65,66)61-25-21-57(4)22-26-61/h13-20,30-31,41H,8-12,21-29H2,1-7H3,(H,51,53,63)(H,52,54,64). The molecule has 1 unspecified atom stereocenters. The Morgan fingerprint density at radius 1 is 0.622 bits per heavy atom. The Balaban J connectivity index is 0.895. The zero-order chi connectivity index (χ0) is 52.5. The average Bonchev–Trinajstić information content (AvgIpc) is 3.90. The predicted octanol–water partition coefficient (Wildman–Crippen LogP) is 5.60. The quantitative estimate of drug-likeness (QED) is 0.0743. The Bertz CT molecular complexity index is 3530. The van der Waals surface area contributed by atoms with Gasteiger partial charge in [0, 0.05) is 76.2 Å². The number of nitrogens with zero attached hydrogens (tertiary/aromatic N) is 10. The van der Waals surface area contributed by atoms with E-state index in [1.54, 1.807) is 60.5 Å². The van der Waals surface area contributed by atoms with Crippen molar-refractivity contribution in [2.45, 2.75) is 64.9 Å². The predicted molar refractivity (Wildman–Crippen MR) is 288 cm³/mol. The highest BCUT2D eigenvalue weighted by Gasteiger charge is 2.31. The number of sulfonamides is 2. The molecule has 9 rings (SSSR count). The summed E-state index contributed by atoms with van der Waals surface area (Å²) < 4.78 is 73.1. The highest BCUT2D eigenvalue weighted by Crippen LogP contribution is 2.41. The molecular formula is C50H62N12O8S4. The average molecular weight is 1090 g/mol. The van der Waals surface area contributed by atoms with Crippen LogP contribution in [0.3, 0.4) is 0 Å². The van der Waals surface area contributed by atoms with E-state index < -0.39 is 31.2 Å². The first-order valence-corrected chi connectivity index (χ1v) is 29.5. The second-order valence-electron chi connectivity index (χ2n) is 18.3. The topological polar surface area (TPSA) is 227 Å². The molecule has 2 fully saturated rings. The summed E-state index contributed by atoms with van der Waals surface area (Å²) in [6.45, 7) is 10.4. The maximum Gasteiger partial charge on any atom is 0.277 e. The number of likely N-dealkylation sites (N-methyl/N-ethyl adjacent to an activating group) is 2. The van der Waals surface area contributed by atoms with E-state index in [0.717, 1.165) is 22.0 Å². The van der Waals surface area contributed by atoms with Gasteiger partial charge >= 0.3 is 0 Å². The molecule has 2 aliphatic heterocycles. The van der Waals surface area contributed by atoms with Gasteiger partial charge in [0.2, 0.25) is 20.0 Å². The molecular weight excluding hydrogens is 1020 g/mol. The first kappa shape index (κ1) is 53.2. The Hall–Kier alpha value is -5.60. The van der Waals surface area contributed by atoms with Gasteiger partial charge in [-0.05, 0) is 114 Å². The van der Waals surface area contributed by atoms with Crippen LogP contribution < -0.4 is 20.6 Å². The molecule has 0 spiro atoms. The lowest BCUT2D eigenvalue weighted by Gasteiger charge is -2.31. The van der Waals surface area contributed by atoms with Crippen molar-refractivity contribution in [3.8, 4) is 34.3 Å². The van der Waals surface area contributed by atoms with Gasteiger partial charge in [0.05, 0.1) is 45.1 Å². The Kier molecular flexibility index (Phi) is 16.1. The van der Waals surface area contributed by atoms with Gasteiger partial charge in [-0.25, -0.2) is 26.8 Å². The molecule has 1 atom stereocenters. The first-order chi connectivity index (χ1) is 35.5. The number of fused-ring (bicyclic) bond motifs is 2. The first-order valence-electron chi connectivity index (χ1n) is 24.7. The number of aryl methyl sites for hydroxylation is 3. The highest BCUT2D eigenvalue weighted by atomic mass is 32.2. The normalized spacial score (nSPS) is 16.1. The van der Waals surface area contributed by atoms with Crippen molar-refractivity contribution >= 4 is 65.6 Å². The van der Waals surface area contributed by atoms with Gasteiger partial charge in [0.1, 0.15) is 39.9 Å². The minimum absolute atomic E-state index is 0.0966. The molecule has 3 aromatic carbocycles. The van der Waals surface area contributed by atoms with Crippen LogP contribution in [0.5, 0.6) is 11.5 Å². The maximum absolute atomic E-state index is 13.8. The molecule has 0 radical (unpaired) electrons. The minimum atomic E-state index is -3.83. The van der Waals surface area contributed by atoms with Crippen molar-refractivity contribution < 1.29 is 26.3 Å². The molecule has 7 aromatic rings. The van der Waals surface area contributed by atoms with E-state index in [4.69, 9.17) is 29.6 Å². The summed E-state index contributed by atoms with van der Waals surface area (Å²) >= 11 is 3.32. The number of hydrogen-bond acceptors (Lipinski definition) is 16. The highest BCUT2D eigenvalue weighted by molar-refractivity contribution is 7.99. The van der Waals surface area contributed by atoms with E-state index >= 15 is 0 Å². The fraction of sp³-hybridized carbons (Fsp3) is 0.440. The van der Waals surface area contributed by atoms with Crippen molar-refractivity contribution in [3.05, 3.63) is 92.8 Å². The van der Waals surface area contributed by atoms with Crippen LogP contribution >= 0.6 is 23.5 Å². The van der Waals surface area contributed by atoms with Crippen LogP contribution in [0, 0.1) is 0 Å². The molecule has 4 aromatic heterocycles. The Morgan fingerprint density at radius 3 is 1.59 bits per heavy atom. The summed E-state index contributed by atoms with van der Waals surface area (Å²) in [6, 6.07) is 17.7. The van der Waals surface area contributed by atoms with E-state index in [2.05, 4.69) is 51.0 Å². The fourth-order valence-electron chi connectivity index (χ4n) is 9.26. The van der Waals surface area contributed by atoms with Crippen molar-refractivity contribution in [2.75, 3.05) is 85.4 Å². The van der Waals surface area contributed by atoms with E-state index in [-0.39, 0.29) is 26.7 Å². The van der Waals surface area contributed by atoms with Crippen molar-refractivity contribution in [1.82, 2.24) is 57.9 Å². The smallest absolute Gasteiger partial charge is 0.277 e. The molecule has 2 saturated heterocycles. The number of aromatic amines is 2. The lowest BCUT2D eigenvalue weighted by molar-refractivity contribution is 0.222. The van der Waals surface area contributed by atoms with Gasteiger partial charge in [-0.2, -0.15) is 18.8 Å². The zero-order valence-corrected chi connectivity index (χ0v) is 45.9. The number of thioether (sulfide) groups is 2. The molecule has 0 amide bonds. The van der Waals surface area contributed by atoms with Gasteiger partial charge in [-0.1, -0.05) is 6.92 Å². The van der Waals surface area contributed by atoms with Crippen molar-refractivity contribution in [3.63, 3.8) is 0 Å². The largest absolute Gasteiger partial charge is 0.493 e. The summed E-state index contributed by atoms with van der Waals surface area (Å²) in [4.78, 5) is 49.5. The number of H-pyrrole nitrogens is 2. The summed E-state index contributed by atoms with van der Waals surface area (Å²) in [5.74, 6) is 1.96.